The summed E-state index contributed by atoms with van der Waals surface area (Å²) < 4.78 is 0. The van der Waals surface area contributed by atoms with Gasteiger partial charge in [0.25, 0.3) is 11.8 Å². The van der Waals surface area contributed by atoms with Crippen LogP contribution in [0.1, 0.15) is 46.8 Å². The molecule has 2 aromatic carbocycles. The van der Waals surface area contributed by atoms with Gasteiger partial charge in [0.05, 0.1) is 0 Å². The van der Waals surface area contributed by atoms with E-state index in [1.807, 2.05) is 6.08 Å². The molecule has 3 rings (SSSR count). The minimum absolute atomic E-state index is 0.360. The van der Waals surface area contributed by atoms with Crippen molar-refractivity contribution in [1.29, 1.82) is 0 Å². The molecule has 0 heterocycles. The van der Waals surface area contributed by atoms with Crippen LogP contribution in [-0.2, 0) is 11.3 Å². The Hall–Kier alpha value is -3.44. The van der Waals surface area contributed by atoms with E-state index < -0.39 is 23.9 Å². The van der Waals surface area contributed by atoms with Crippen LogP contribution >= 0.6 is 0 Å². The number of nitrogens with one attached hydrogen (secondary N) is 3. The molecule has 32 heavy (non-hydrogen) atoms. The third-order valence-corrected chi connectivity index (χ3v) is 5.08. The van der Waals surface area contributed by atoms with Crippen molar-refractivity contribution in [3.05, 3.63) is 76.9 Å². The van der Waals surface area contributed by atoms with Crippen molar-refractivity contribution in [3.63, 3.8) is 0 Å². The molecular weight excluding hydrogens is 404 g/mol. The Morgan fingerprint density at radius 3 is 2.44 bits per heavy atom. The molecule has 0 bridgehead atoms. The monoisotopic (exact) mass is 432 g/mol. The van der Waals surface area contributed by atoms with Crippen molar-refractivity contribution in [2.75, 3.05) is 0 Å². The smallest absolute Gasteiger partial charge is 0.267 e. The van der Waals surface area contributed by atoms with Crippen LogP contribution < -0.4 is 21.8 Å². The summed E-state index contributed by atoms with van der Waals surface area (Å²) in [5, 5.41) is 14.8. The lowest BCUT2D eigenvalue weighted by atomic mass is 10.1. The van der Waals surface area contributed by atoms with E-state index >= 15 is 0 Å². The van der Waals surface area contributed by atoms with Gasteiger partial charge in [0.15, 0.2) is 0 Å². The highest BCUT2D eigenvalue weighted by Crippen LogP contribution is 2.19. The van der Waals surface area contributed by atoms with Gasteiger partial charge in [0.2, 0.25) is 0 Å². The number of benzene rings is 2. The maximum absolute atomic E-state index is 12.3. The van der Waals surface area contributed by atoms with Crippen molar-refractivity contribution in [1.82, 2.24) is 16.1 Å². The molecule has 2 amide bonds. The lowest BCUT2D eigenvalue weighted by Gasteiger charge is -2.19. The summed E-state index contributed by atoms with van der Waals surface area (Å²) in [7, 11) is 0. The Labute approximate surface area is 188 Å². The number of rotatable bonds is 8. The van der Waals surface area contributed by atoms with Gasteiger partial charge >= 0.3 is 0 Å². The second kappa shape index (κ2) is 11.3. The van der Waals surface area contributed by atoms with Crippen LogP contribution in [-0.4, -0.2) is 35.1 Å². The van der Waals surface area contributed by atoms with E-state index in [9.17, 15) is 9.59 Å². The fraction of sp³-hybridized carbons (Fsp3) is 0.280. The predicted octanol–water partition coefficient (Wildman–Crippen LogP) is 1.95. The number of hydrogen-bond acceptors (Lipinski definition) is 5. The van der Waals surface area contributed by atoms with Crippen LogP contribution in [0.3, 0.4) is 0 Å². The first-order valence-corrected chi connectivity index (χ1v) is 10.6. The minimum atomic E-state index is -1.04. The standard InChI is InChI=1S/C25H28N4O3/c1-17(26)23(25(31)29-32)28-24(30)21-12-10-19(11-13-21)5-3-2-4-18-6-8-20(9-7-18)16-27-22-14-15-22/h2,4,6-13,17,22-23,27,32H,14-16,26H2,1H3,(H,28,30)(H,29,31)/b4-2+/t17-,23+/m1/s1. The molecule has 6 N–H and O–H groups in total. The molecule has 1 aliphatic carbocycles. The Bertz CT molecular complexity index is 1010. The Balaban J connectivity index is 1.53. The highest BCUT2D eigenvalue weighted by atomic mass is 16.5. The second-order valence-electron chi connectivity index (χ2n) is 7.86. The largest absolute Gasteiger partial charge is 0.339 e. The summed E-state index contributed by atoms with van der Waals surface area (Å²) >= 11 is 0. The van der Waals surface area contributed by atoms with Crippen LogP contribution in [0.25, 0.3) is 6.08 Å². The number of hydroxylamine groups is 1. The molecule has 7 heteroatoms. The minimum Gasteiger partial charge on any atom is -0.339 e. The molecular formula is C25H28N4O3. The van der Waals surface area contributed by atoms with Crippen molar-refractivity contribution >= 4 is 17.9 Å². The van der Waals surface area contributed by atoms with E-state index in [1.54, 1.807) is 37.3 Å². The van der Waals surface area contributed by atoms with Crippen LogP contribution in [0.5, 0.6) is 0 Å². The van der Waals surface area contributed by atoms with Crippen LogP contribution in [0, 0.1) is 11.8 Å². The summed E-state index contributed by atoms with van der Waals surface area (Å²) in [5.74, 6) is 4.78. The SMILES string of the molecule is C[C@@H](N)[C@H](NC(=O)c1ccc(C#C/C=C/c2ccc(CNC3CC3)cc2)cc1)C(=O)NO. The summed E-state index contributed by atoms with van der Waals surface area (Å²) in [6, 6.07) is 14.1. The molecule has 0 aliphatic heterocycles. The lowest BCUT2D eigenvalue weighted by Crippen LogP contribution is -2.54. The molecule has 2 atom stereocenters. The van der Waals surface area contributed by atoms with E-state index in [4.69, 9.17) is 10.9 Å². The van der Waals surface area contributed by atoms with E-state index in [0.717, 1.165) is 17.7 Å². The second-order valence-corrected chi connectivity index (χ2v) is 7.86. The molecule has 0 spiro atoms. The van der Waals surface area contributed by atoms with Gasteiger partial charge in [-0.25, -0.2) is 5.48 Å². The number of carbonyl (C=O) groups excluding carboxylic acids is 2. The fourth-order valence-corrected chi connectivity index (χ4v) is 2.99. The summed E-state index contributed by atoms with van der Waals surface area (Å²) in [6.07, 6.45) is 6.31. The molecule has 0 saturated heterocycles. The van der Waals surface area contributed by atoms with Crippen molar-refractivity contribution in [2.24, 2.45) is 5.73 Å². The van der Waals surface area contributed by atoms with E-state index in [-0.39, 0.29) is 0 Å². The summed E-state index contributed by atoms with van der Waals surface area (Å²) in [5.41, 5.74) is 10.7. The van der Waals surface area contributed by atoms with Gasteiger partial charge in [-0.05, 0) is 67.3 Å². The highest BCUT2D eigenvalue weighted by molar-refractivity contribution is 5.97. The van der Waals surface area contributed by atoms with Crippen molar-refractivity contribution in [3.8, 4) is 11.8 Å². The topological polar surface area (TPSA) is 116 Å². The van der Waals surface area contributed by atoms with Gasteiger partial charge < -0.3 is 16.4 Å². The third-order valence-electron chi connectivity index (χ3n) is 5.08. The highest BCUT2D eigenvalue weighted by Gasteiger charge is 2.24. The third kappa shape index (κ3) is 7.06. The first-order chi connectivity index (χ1) is 15.5. The van der Waals surface area contributed by atoms with Gasteiger partial charge in [-0.1, -0.05) is 36.1 Å². The maximum Gasteiger partial charge on any atom is 0.267 e. The zero-order valence-electron chi connectivity index (χ0n) is 18.0. The van der Waals surface area contributed by atoms with Gasteiger partial charge in [0, 0.05) is 29.8 Å². The molecule has 1 fully saturated rings. The zero-order valence-corrected chi connectivity index (χ0v) is 18.0. The van der Waals surface area contributed by atoms with E-state index in [0.29, 0.717) is 11.6 Å². The molecule has 0 unspecified atom stereocenters. The predicted molar refractivity (Wildman–Crippen MR) is 123 cm³/mol. The van der Waals surface area contributed by atoms with Crippen LogP contribution in [0.15, 0.2) is 54.6 Å². The molecule has 2 aromatic rings. The normalized spacial score (nSPS) is 14.8. The number of amides is 2. The Morgan fingerprint density at radius 2 is 1.84 bits per heavy atom. The average Bonchev–Trinajstić information content (AvgIpc) is 3.64. The zero-order chi connectivity index (χ0) is 22.9. The summed E-state index contributed by atoms with van der Waals surface area (Å²) in [4.78, 5) is 23.9. The quantitative estimate of drug-likeness (QED) is 0.248. The van der Waals surface area contributed by atoms with Crippen LogP contribution in [0.4, 0.5) is 0 Å². The van der Waals surface area contributed by atoms with Crippen LogP contribution in [0.2, 0.25) is 0 Å². The lowest BCUT2D eigenvalue weighted by molar-refractivity contribution is -0.131. The molecule has 166 valence electrons. The number of hydrogen-bond donors (Lipinski definition) is 5. The molecule has 1 saturated carbocycles. The van der Waals surface area contributed by atoms with Gasteiger partial charge in [-0.3, -0.25) is 14.8 Å². The fourth-order valence-electron chi connectivity index (χ4n) is 2.99. The number of nitrogens with two attached hydrogens (primary N) is 1. The maximum atomic E-state index is 12.3. The average molecular weight is 433 g/mol. The van der Waals surface area contributed by atoms with Gasteiger partial charge in [0.1, 0.15) is 6.04 Å². The van der Waals surface area contributed by atoms with E-state index in [2.05, 4.69) is 46.7 Å². The molecule has 0 radical (unpaired) electrons. The Kier molecular flexibility index (Phi) is 8.17. The van der Waals surface area contributed by atoms with Gasteiger partial charge in [-0.2, -0.15) is 0 Å². The number of allylic oxidation sites excluding steroid dienone is 1. The van der Waals surface area contributed by atoms with Gasteiger partial charge in [-0.15, -0.1) is 0 Å². The molecule has 0 aromatic heterocycles. The molecule has 7 nitrogen and oxygen atoms in total. The summed E-state index contributed by atoms with van der Waals surface area (Å²) in [6.45, 7) is 2.47. The first-order valence-electron chi connectivity index (χ1n) is 10.6. The molecule has 1 aliphatic rings. The first kappa shape index (κ1) is 23.2. The van der Waals surface area contributed by atoms with Crippen molar-refractivity contribution in [2.45, 2.75) is 44.4 Å². The van der Waals surface area contributed by atoms with Crippen molar-refractivity contribution < 1.29 is 14.8 Å². The Morgan fingerprint density at radius 1 is 1.16 bits per heavy atom. The number of carbonyl (C=O) groups is 2. The van der Waals surface area contributed by atoms with E-state index in [1.165, 1.54) is 23.9 Å².